The van der Waals surface area contributed by atoms with E-state index < -0.39 is 0 Å². The molecule has 1 aromatic rings. The summed E-state index contributed by atoms with van der Waals surface area (Å²) in [6, 6.07) is 4.19. The predicted molar refractivity (Wildman–Crippen MR) is 78.5 cm³/mol. The van der Waals surface area contributed by atoms with Gasteiger partial charge < -0.3 is 15.0 Å². The summed E-state index contributed by atoms with van der Waals surface area (Å²) in [5, 5.41) is 3.46. The largest absolute Gasteiger partial charge is 0.375 e. The highest BCUT2D eigenvalue weighted by atomic mass is 16.5. The zero-order chi connectivity index (χ0) is 13.5. The van der Waals surface area contributed by atoms with Crippen molar-refractivity contribution >= 4 is 5.82 Å². The van der Waals surface area contributed by atoms with Gasteiger partial charge in [0.2, 0.25) is 0 Å². The number of nitrogens with zero attached hydrogens (tertiary/aromatic N) is 2. The molecular weight excluding hydrogens is 238 g/mol. The van der Waals surface area contributed by atoms with E-state index in [0.29, 0.717) is 6.10 Å². The maximum Gasteiger partial charge on any atom is 0.133 e. The normalized spacial score (nSPS) is 19.7. The van der Waals surface area contributed by atoms with Crippen LogP contribution in [-0.4, -0.2) is 37.3 Å². The highest BCUT2D eigenvalue weighted by Gasteiger charge is 2.21. The minimum Gasteiger partial charge on any atom is -0.375 e. The molecule has 1 N–H and O–H groups in total. The van der Waals surface area contributed by atoms with Crippen molar-refractivity contribution in [2.24, 2.45) is 0 Å². The molecule has 4 nitrogen and oxygen atoms in total. The summed E-state index contributed by atoms with van der Waals surface area (Å²) in [5.41, 5.74) is 1.28. The smallest absolute Gasteiger partial charge is 0.133 e. The van der Waals surface area contributed by atoms with Gasteiger partial charge in [0.1, 0.15) is 5.82 Å². The molecule has 4 heteroatoms. The average Bonchev–Trinajstić information content (AvgIpc) is 2.48. The first-order chi connectivity index (χ1) is 9.35. The zero-order valence-electron chi connectivity index (χ0n) is 12.1. The summed E-state index contributed by atoms with van der Waals surface area (Å²) in [4.78, 5) is 6.94. The fourth-order valence-corrected chi connectivity index (χ4v) is 2.41. The van der Waals surface area contributed by atoms with Crippen LogP contribution >= 0.6 is 0 Å². The second kappa shape index (κ2) is 7.46. The highest BCUT2D eigenvalue weighted by molar-refractivity contribution is 5.47. The Morgan fingerprint density at radius 1 is 1.47 bits per heavy atom. The van der Waals surface area contributed by atoms with Crippen molar-refractivity contribution < 1.29 is 4.74 Å². The average molecular weight is 263 g/mol. The van der Waals surface area contributed by atoms with E-state index in [1.807, 2.05) is 12.3 Å². The minimum atomic E-state index is 0.340. The summed E-state index contributed by atoms with van der Waals surface area (Å²) in [6.07, 6.45) is 4.44. The van der Waals surface area contributed by atoms with E-state index in [4.69, 9.17) is 4.74 Å². The van der Waals surface area contributed by atoms with Gasteiger partial charge in [-0.2, -0.15) is 0 Å². The number of nitrogens with one attached hydrogen (secondary N) is 1. The third-order valence-electron chi connectivity index (χ3n) is 3.50. The SMILES string of the molecule is CCCNCc1cccnc1N1CCOC(CC)C1. The molecule has 1 aromatic heterocycles. The number of aromatic nitrogens is 1. The van der Waals surface area contributed by atoms with Crippen molar-refractivity contribution in [3.05, 3.63) is 23.9 Å². The molecule has 1 aliphatic rings. The Labute approximate surface area is 116 Å². The second-order valence-corrected chi connectivity index (χ2v) is 5.01. The van der Waals surface area contributed by atoms with Crippen molar-refractivity contribution in [2.75, 3.05) is 31.1 Å². The van der Waals surface area contributed by atoms with Crippen molar-refractivity contribution in [1.29, 1.82) is 0 Å². The molecule has 0 aromatic carbocycles. The topological polar surface area (TPSA) is 37.4 Å². The summed E-state index contributed by atoms with van der Waals surface area (Å²) in [6.45, 7) is 9.00. The molecule has 1 saturated heterocycles. The van der Waals surface area contributed by atoms with Gasteiger partial charge in [-0.15, -0.1) is 0 Å². The Morgan fingerprint density at radius 2 is 2.37 bits per heavy atom. The van der Waals surface area contributed by atoms with Crippen LogP contribution in [0.5, 0.6) is 0 Å². The lowest BCUT2D eigenvalue weighted by Crippen LogP contribution is -2.43. The first-order valence-corrected chi connectivity index (χ1v) is 7.36. The van der Waals surface area contributed by atoms with E-state index in [1.54, 1.807) is 0 Å². The molecule has 19 heavy (non-hydrogen) atoms. The molecule has 1 fully saturated rings. The molecule has 2 rings (SSSR count). The van der Waals surface area contributed by atoms with Gasteiger partial charge in [-0.1, -0.05) is 19.9 Å². The maximum absolute atomic E-state index is 5.73. The molecule has 0 amide bonds. The van der Waals surface area contributed by atoms with E-state index in [2.05, 4.69) is 35.1 Å². The Kier molecular flexibility index (Phi) is 5.61. The zero-order valence-corrected chi connectivity index (χ0v) is 12.1. The predicted octanol–water partition coefficient (Wildman–Crippen LogP) is 2.20. The molecular formula is C15H25N3O. The number of anilines is 1. The lowest BCUT2D eigenvalue weighted by atomic mass is 10.2. The molecule has 0 bridgehead atoms. The van der Waals surface area contributed by atoms with E-state index in [9.17, 15) is 0 Å². The van der Waals surface area contributed by atoms with Crippen LogP contribution in [0, 0.1) is 0 Å². The molecule has 0 spiro atoms. The van der Waals surface area contributed by atoms with Gasteiger partial charge in [0.15, 0.2) is 0 Å². The van der Waals surface area contributed by atoms with Gasteiger partial charge in [0, 0.05) is 31.4 Å². The van der Waals surface area contributed by atoms with Crippen LogP contribution in [0.15, 0.2) is 18.3 Å². The summed E-state index contributed by atoms with van der Waals surface area (Å²) < 4.78 is 5.73. The van der Waals surface area contributed by atoms with Gasteiger partial charge in [0.25, 0.3) is 0 Å². The van der Waals surface area contributed by atoms with E-state index in [-0.39, 0.29) is 0 Å². The lowest BCUT2D eigenvalue weighted by molar-refractivity contribution is 0.0381. The number of pyridine rings is 1. The van der Waals surface area contributed by atoms with Crippen LogP contribution in [0.2, 0.25) is 0 Å². The molecule has 2 heterocycles. The van der Waals surface area contributed by atoms with Crippen LogP contribution in [0.25, 0.3) is 0 Å². The van der Waals surface area contributed by atoms with Gasteiger partial charge in [-0.3, -0.25) is 0 Å². The molecule has 1 aliphatic heterocycles. The van der Waals surface area contributed by atoms with Crippen LogP contribution < -0.4 is 10.2 Å². The monoisotopic (exact) mass is 263 g/mol. The standard InChI is InChI=1S/C15H25N3O/c1-3-7-16-11-13-6-5-8-17-15(13)18-9-10-19-14(4-2)12-18/h5-6,8,14,16H,3-4,7,9-12H2,1-2H3. The van der Waals surface area contributed by atoms with Gasteiger partial charge in [-0.25, -0.2) is 4.98 Å². The van der Waals surface area contributed by atoms with Crippen LogP contribution in [0.4, 0.5) is 5.82 Å². The Bertz CT molecular complexity index is 383. The van der Waals surface area contributed by atoms with Crippen LogP contribution in [0.3, 0.4) is 0 Å². The maximum atomic E-state index is 5.73. The minimum absolute atomic E-state index is 0.340. The number of hydrogen-bond acceptors (Lipinski definition) is 4. The Morgan fingerprint density at radius 3 is 3.16 bits per heavy atom. The van der Waals surface area contributed by atoms with E-state index >= 15 is 0 Å². The molecule has 0 aliphatic carbocycles. The van der Waals surface area contributed by atoms with Gasteiger partial charge in [-0.05, 0) is 25.5 Å². The summed E-state index contributed by atoms with van der Waals surface area (Å²) >= 11 is 0. The Hall–Kier alpha value is -1.13. The molecule has 1 unspecified atom stereocenters. The van der Waals surface area contributed by atoms with Crippen molar-refractivity contribution in [1.82, 2.24) is 10.3 Å². The number of rotatable bonds is 6. The number of ether oxygens (including phenoxy) is 1. The van der Waals surface area contributed by atoms with Crippen LogP contribution in [-0.2, 0) is 11.3 Å². The first-order valence-electron chi connectivity index (χ1n) is 7.36. The first kappa shape index (κ1) is 14.3. The number of hydrogen-bond donors (Lipinski definition) is 1. The van der Waals surface area contributed by atoms with Crippen LogP contribution in [0.1, 0.15) is 32.3 Å². The highest BCUT2D eigenvalue weighted by Crippen LogP contribution is 2.20. The summed E-state index contributed by atoms with van der Waals surface area (Å²) in [5.74, 6) is 1.12. The summed E-state index contributed by atoms with van der Waals surface area (Å²) in [7, 11) is 0. The van der Waals surface area contributed by atoms with Gasteiger partial charge >= 0.3 is 0 Å². The third kappa shape index (κ3) is 3.91. The molecule has 1 atom stereocenters. The third-order valence-corrected chi connectivity index (χ3v) is 3.50. The Balaban J connectivity index is 2.05. The molecule has 106 valence electrons. The number of morpholine rings is 1. The second-order valence-electron chi connectivity index (χ2n) is 5.01. The van der Waals surface area contributed by atoms with Gasteiger partial charge in [0.05, 0.1) is 12.7 Å². The molecule has 0 saturated carbocycles. The van der Waals surface area contributed by atoms with Crippen molar-refractivity contribution in [2.45, 2.75) is 39.3 Å². The lowest BCUT2D eigenvalue weighted by Gasteiger charge is -2.34. The molecule has 0 radical (unpaired) electrons. The van der Waals surface area contributed by atoms with E-state index in [1.165, 1.54) is 5.56 Å². The van der Waals surface area contributed by atoms with Crippen molar-refractivity contribution in [3.63, 3.8) is 0 Å². The quantitative estimate of drug-likeness (QED) is 0.798. The fraction of sp³-hybridized carbons (Fsp3) is 0.667. The fourth-order valence-electron chi connectivity index (χ4n) is 2.41. The van der Waals surface area contributed by atoms with Crippen molar-refractivity contribution in [3.8, 4) is 0 Å². The van der Waals surface area contributed by atoms with E-state index in [0.717, 1.165) is 51.4 Å².